The third kappa shape index (κ3) is 4.92. The van der Waals surface area contributed by atoms with E-state index < -0.39 is 36.2 Å². The molecule has 0 bridgehead atoms. The molecule has 108 valence electrons. The third-order valence-electron chi connectivity index (χ3n) is 2.41. The summed E-state index contributed by atoms with van der Waals surface area (Å²) in [5.74, 6) is -2.73. The quantitative estimate of drug-likeness (QED) is 0.585. The van der Waals surface area contributed by atoms with Crippen LogP contribution < -0.4 is 16.4 Å². The number of nitrogens with two attached hydrogens (primary N) is 1. The summed E-state index contributed by atoms with van der Waals surface area (Å²) in [4.78, 5) is 32.9. The Bertz CT molecular complexity index is 521. The van der Waals surface area contributed by atoms with Crippen molar-refractivity contribution in [1.82, 2.24) is 10.6 Å². The van der Waals surface area contributed by atoms with E-state index in [9.17, 15) is 18.8 Å². The highest BCUT2D eigenvalue weighted by Gasteiger charge is 2.21. The predicted molar refractivity (Wildman–Crippen MR) is 67.0 cm³/mol. The molecule has 1 aromatic carbocycles. The molecule has 1 unspecified atom stereocenters. The lowest BCUT2D eigenvalue weighted by Gasteiger charge is -2.13. The monoisotopic (exact) mass is 283 g/mol. The number of hydrogen-bond donors (Lipinski definition) is 4. The molecule has 0 saturated carbocycles. The minimum Gasteiger partial charge on any atom is -0.480 e. The van der Waals surface area contributed by atoms with Crippen molar-refractivity contribution in [2.45, 2.75) is 19.0 Å². The van der Waals surface area contributed by atoms with Crippen LogP contribution in [0.5, 0.6) is 0 Å². The van der Waals surface area contributed by atoms with Gasteiger partial charge in [0, 0.05) is 12.1 Å². The zero-order valence-electron chi connectivity index (χ0n) is 10.4. The van der Waals surface area contributed by atoms with Gasteiger partial charge in [0.1, 0.15) is 11.9 Å². The maximum absolute atomic E-state index is 13.3. The number of carbonyl (C=O) groups excluding carboxylic acids is 2. The number of halogens is 1. The Kier molecular flexibility index (Phi) is 5.45. The van der Waals surface area contributed by atoms with E-state index in [-0.39, 0.29) is 12.1 Å². The number of carboxylic acids is 1. The molecule has 0 radical (unpaired) electrons. The number of carboxylic acid groups (broad SMARTS) is 1. The number of benzene rings is 1. The van der Waals surface area contributed by atoms with Crippen LogP contribution in [0.15, 0.2) is 24.3 Å². The van der Waals surface area contributed by atoms with Crippen molar-refractivity contribution < 1.29 is 23.9 Å². The molecular formula is C12H14FN3O4. The molecule has 0 aliphatic carbocycles. The van der Waals surface area contributed by atoms with Gasteiger partial charge in [0.15, 0.2) is 0 Å². The lowest BCUT2D eigenvalue weighted by atomic mass is 10.2. The Labute approximate surface area is 114 Å². The molecule has 1 atom stereocenters. The molecule has 0 saturated heterocycles. The highest BCUT2D eigenvalue weighted by Crippen LogP contribution is 2.05. The molecule has 5 N–H and O–H groups in total. The Morgan fingerprint density at radius 1 is 1.30 bits per heavy atom. The summed E-state index contributed by atoms with van der Waals surface area (Å²) < 4.78 is 13.3. The van der Waals surface area contributed by atoms with Crippen molar-refractivity contribution in [3.8, 4) is 0 Å². The van der Waals surface area contributed by atoms with Crippen molar-refractivity contribution in [2.75, 3.05) is 0 Å². The average molecular weight is 283 g/mol. The van der Waals surface area contributed by atoms with Gasteiger partial charge in [0.2, 0.25) is 5.91 Å². The van der Waals surface area contributed by atoms with Gasteiger partial charge >= 0.3 is 12.0 Å². The second-order valence-electron chi connectivity index (χ2n) is 3.98. The van der Waals surface area contributed by atoms with Crippen LogP contribution in [0, 0.1) is 5.82 Å². The molecule has 0 aliphatic rings. The number of primary amides is 1. The van der Waals surface area contributed by atoms with Gasteiger partial charge in [-0.2, -0.15) is 0 Å². The first-order valence-corrected chi connectivity index (χ1v) is 5.69. The van der Waals surface area contributed by atoms with Crippen LogP contribution in [0.25, 0.3) is 0 Å². The smallest absolute Gasteiger partial charge is 0.326 e. The first-order chi connectivity index (χ1) is 9.40. The standard InChI is InChI=1S/C12H14FN3O4/c13-8-4-2-1-3-7(8)6-15-12(20)16-9(11(18)19)5-10(14)17/h1-4,9H,5-6H2,(H2,14,17)(H,18,19)(H2,15,16,20). The van der Waals surface area contributed by atoms with Crippen LogP contribution in [0.1, 0.15) is 12.0 Å². The molecule has 0 spiro atoms. The first-order valence-electron chi connectivity index (χ1n) is 5.69. The summed E-state index contributed by atoms with van der Waals surface area (Å²) in [7, 11) is 0. The zero-order chi connectivity index (χ0) is 15.1. The largest absolute Gasteiger partial charge is 0.480 e. The van der Waals surface area contributed by atoms with E-state index in [1.54, 1.807) is 6.07 Å². The predicted octanol–water partition coefficient (Wildman–Crippen LogP) is -0.0465. The van der Waals surface area contributed by atoms with Crippen LogP contribution in [0.4, 0.5) is 9.18 Å². The fourth-order valence-corrected chi connectivity index (χ4v) is 1.43. The lowest BCUT2D eigenvalue weighted by molar-refractivity contribution is -0.140. The fraction of sp³-hybridized carbons (Fsp3) is 0.250. The van der Waals surface area contributed by atoms with Gasteiger partial charge in [-0.05, 0) is 6.07 Å². The number of rotatable bonds is 6. The summed E-state index contributed by atoms with van der Waals surface area (Å²) in [6.45, 7) is -0.110. The SMILES string of the molecule is NC(=O)CC(NC(=O)NCc1ccccc1F)C(=O)O. The van der Waals surface area contributed by atoms with E-state index in [1.807, 2.05) is 0 Å². The molecule has 7 nitrogen and oxygen atoms in total. The van der Waals surface area contributed by atoms with E-state index >= 15 is 0 Å². The highest BCUT2D eigenvalue weighted by atomic mass is 19.1. The fourth-order valence-electron chi connectivity index (χ4n) is 1.43. The van der Waals surface area contributed by atoms with Crippen molar-refractivity contribution in [1.29, 1.82) is 0 Å². The van der Waals surface area contributed by atoms with E-state index in [0.717, 1.165) is 0 Å². The van der Waals surface area contributed by atoms with Gasteiger partial charge < -0.3 is 21.5 Å². The summed E-state index contributed by atoms with van der Waals surface area (Å²) in [5, 5.41) is 13.1. The summed E-state index contributed by atoms with van der Waals surface area (Å²) in [6.07, 6.45) is -0.525. The minimum atomic E-state index is -1.42. The molecule has 0 aliphatic heterocycles. The van der Waals surface area contributed by atoms with Crippen LogP contribution >= 0.6 is 0 Å². The molecule has 1 aromatic rings. The van der Waals surface area contributed by atoms with Gasteiger partial charge in [0.05, 0.1) is 6.42 Å². The number of aliphatic carboxylic acids is 1. The van der Waals surface area contributed by atoms with Gasteiger partial charge in [-0.25, -0.2) is 14.0 Å². The van der Waals surface area contributed by atoms with Crippen molar-refractivity contribution >= 4 is 17.9 Å². The van der Waals surface area contributed by atoms with E-state index in [1.165, 1.54) is 18.2 Å². The number of amides is 3. The molecule has 8 heteroatoms. The summed E-state index contributed by atoms with van der Waals surface area (Å²) in [6, 6.07) is 3.57. The second-order valence-corrected chi connectivity index (χ2v) is 3.98. The molecule has 3 amide bonds. The van der Waals surface area contributed by atoms with Crippen LogP contribution in [0.3, 0.4) is 0 Å². The minimum absolute atomic E-state index is 0.110. The Balaban J connectivity index is 2.52. The molecular weight excluding hydrogens is 269 g/mol. The Hall–Kier alpha value is -2.64. The number of hydrogen-bond acceptors (Lipinski definition) is 3. The topological polar surface area (TPSA) is 122 Å². The number of urea groups is 1. The molecule has 0 aromatic heterocycles. The molecule has 0 fully saturated rings. The Morgan fingerprint density at radius 2 is 1.95 bits per heavy atom. The summed E-state index contributed by atoms with van der Waals surface area (Å²) >= 11 is 0. The van der Waals surface area contributed by atoms with E-state index in [0.29, 0.717) is 0 Å². The van der Waals surface area contributed by atoms with Gasteiger partial charge in [0.25, 0.3) is 0 Å². The maximum atomic E-state index is 13.3. The average Bonchev–Trinajstić information content (AvgIpc) is 2.36. The molecule has 20 heavy (non-hydrogen) atoms. The summed E-state index contributed by atoms with van der Waals surface area (Å²) in [5.41, 5.74) is 5.12. The van der Waals surface area contributed by atoms with Crippen LogP contribution in [0.2, 0.25) is 0 Å². The number of nitrogens with one attached hydrogen (secondary N) is 2. The molecule has 1 rings (SSSR count). The maximum Gasteiger partial charge on any atom is 0.326 e. The zero-order valence-corrected chi connectivity index (χ0v) is 10.4. The van der Waals surface area contributed by atoms with E-state index in [4.69, 9.17) is 10.8 Å². The third-order valence-corrected chi connectivity index (χ3v) is 2.41. The first kappa shape index (κ1) is 15.4. The van der Waals surface area contributed by atoms with E-state index in [2.05, 4.69) is 10.6 Å². The molecule has 0 heterocycles. The lowest BCUT2D eigenvalue weighted by Crippen LogP contribution is -2.47. The second kappa shape index (κ2) is 7.07. The highest BCUT2D eigenvalue weighted by molar-refractivity contribution is 5.87. The van der Waals surface area contributed by atoms with Crippen molar-refractivity contribution in [3.63, 3.8) is 0 Å². The number of carbonyl (C=O) groups is 3. The van der Waals surface area contributed by atoms with Gasteiger partial charge in [-0.15, -0.1) is 0 Å². The normalized spacial score (nSPS) is 11.4. The van der Waals surface area contributed by atoms with Crippen molar-refractivity contribution in [2.24, 2.45) is 5.73 Å². The van der Waals surface area contributed by atoms with Crippen LogP contribution in [-0.2, 0) is 16.1 Å². The van der Waals surface area contributed by atoms with Crippen LogP contribution in [-0.4, -0.2) is 29.1 Å². The van der Waals surface area contributed by atoms with Gasteiger partial charge in [-0.3, -0.25) is 4.79 Å². The Morgan fingerprint density at radius 3 is 2.50 bits per heavy atom. The van der Waals surface area contributed by atoms with Gasteiger partial charge in [-0.1, -0.05) is 18.2 Å². The van der Waals surface area contributed by atoms with Crippen molar-refractivity contribution in [3.05, 3.63) is 35.6 Å².